The Labute approximate surface area is 134 Å². The van der Waals surface area contributed by atoms with Gasteiger partial charge in [0, 0.05) is 16.8 Å². The first-order chi connectivity index (χ1) is 10.6. The Hall–Kier alpha value is -2.24. The standard InChI is InChI=1S/C16H17ClN2O3/c1-3-22-13-8-9-14(16(20)19-21-2)15(10-13)18-12-6-4-11(17)5-7-12/h4-10,18H,3H2,1-2H3,(H,19,20). The first kappa shape index (κ1) is 16.1. The van der Waals surface area contributed by atoms with E-state index in [1.165, 1.54) is 7.11 Å². The number of nitrogens with one attached hydrogen (secondary N) is 2. The van der Waals surface area contributed by atoms with Gasteiger partial charge in [0.25, 0.3) is 5.91 Å². The Morgan fingerprint density at radius 3 is 2.55 bits per heavy atom. The molecule has 0 atom stereocenters. The molecule has 0 aliphatic carbocycles. The zero-order valence-corrected chi connectivity index (χ0v) is 13.1. The number of amides is 1. The van der Waals surface area contributed by atoms with Gasteiger partial charge in [0.2, 0.25) is 0 Å². The van der Waals surface area contributed by atoms with Crippen LogP contribution in [-0.2, 0) is 4.84 Å². The molecule has 2 N–H and O–H groups in total. The fourth-order valence-corrected chi connectivity index (χ4v) is 2.04. The van der Waals surface area contributed by atoms with E-state index in [-0.39, 0.29) is 5.91 Å². The van der Waals surface area contributed by atoms with Gasteiger partial charge >= 0.3 is 0 Å². The van der Waals surface area contributed by atoms with E-state index in [1.807, 2.05) is 19.1 Å². The lowest BCUT2D eigenvalue weighted by atomic mass is 10.1. The molecule has 0 unspecified atom stereocenters. The van der Waals surface area contributed by atoms with Crippen LogP contribution < -0.4 is 15.5 Å². The average molecular weight is 321 g/mol. The average Bonchev–Trinajstić information content (AvgIpc) is 2.50. The Bertz CT molecular complexity index is 644. The molecule has 2 aromatic rings. The minimum atomic E-state index is -0.345. The van der Waals surface area contributed by atoms with E-state index in [0.717, 1.165) is 5.69 Å². The van der Waals surface area contributed by atoms with Gasteiger partial charge in [-0.3, -0.25) is 9.63 Å². The van der Waals surface area contributed by atoms with E-state index < -0.39 is 0 Å². The van der Waals surface area contributed by atoms with Gasteiger partial charge < -0.3 is 10.1 Å². The minimum Gasteiger partial charge on any atom is -0.494 e. The molecule has 2 rings (SSSR count). The summed E-state index contributed by atoms with van der Waals surface area (Å²) in [5.74, 6) is 0.329. The van der Waals surface area contributed by atoms with Crippen LogP contribution in [0.1, 0.15) is 17.3 Å². The number of rotatable bonds is 6. The summed E-state index contributed by atoms with van der Waals surface area (Å²) in [6, 6.07) is 12.4. The van der Waals surface area contributed by atoms with Gasteiger partial charge in [0.05, 0.1) is 25.0 Å². The van der Waals surface area contributed by atoms with Crippen molar-refractivity contribution in [1.29, 1.82) is 0 Å². The van der Waals surface area contributed by atoms with Crippen LogP contribution in [0.4, 0.5) is 11.4 Å². The fraction of sp³-hybridized carbons (Fsp3) is 0.188. The summed E-state index contributed by atoms with van der Waals surface area (Å²) in [4.78, 5) is 16.7. The van der Waals surface area contributed by atoms with Crippen molar-refractivity contribution in [2.24, 2.45) is 0 Å². The highest BCUT2D eigenvalue weighted by Gasteiger charge is 2.13. The molecule has 5 nitrogen and oxygen atoms in total. The van der Waals surface area contributed by atoms with Crippen molar-refractivity contribution in [3.8, 4) is 5.75 Å². The molecule has 0 aliphatic heterocycles. The van der Waals surface area contributed by atoms with Gasteiger partial charge in [0.1, 0.15) is 5.75 Å². The molecule has 0 saturated heterocycles. The van der Waals surface area contributed by atoms with Crippen molar-refractivity contribution in [3.63, 3.8) is 0 Å². The molecule has 0 bridgehead atoms. The van der Waals surface area contributed by atoms with Crippen LogP contribution >= 0.6 is 11.6 Å². The highest BCUT2D eigenvalue weighted by molar-refractivity contribution is 6.30. The number of benzene rings is 2. The van der Waals surface area contributed by atoms with E-state index in [0.29, 0.717) is 28.6 Å². The normalized spacial score (nSPS) is 10.1. The highest BCUT2D eigenvalue weighted by Crippen LogP contribution is 2.27. The molecule has 6 heteroatoms. The molecule has 0 radical (unpaired) electrons. The van der Waals surface area contributed by atoms with E-state index in [9.17, 15) is 4.79 Å². The third kappa shape index (κ3) is 4.13. The summed E-state index contributed by atoms with van der Waals surface area (Å²) >= 11 is 5.88. The summed E-state index contributed by atoms with van der Waals surface area (Å²) in [5, 5.41) is 3.83. The maximum Gasteiger partial charge on any atom is 0.276 e. The second-order valence-corrected chi connectivity index (χ2v) is 4.84. The van der Waals surface area contributed by atoms with E-state index >= 15 is 0 Å². The molecular formula is C16H17ClN2O3. The second-order valence-electron chi connectivity index (χ2n) is 4.41. The summed E-state index contributed by atoms with van der Waals surface area (Å²) < 4.78 is 5.47. The zero-order chi connectivity index (χ0) is 15.9. The topological polar surface area (TPSA) is 59.6 Å². The van der Waals surface area contributed by atoms with Crippen molar-refractivity contribution in [1.82, 2.24) is 5.48 Å². The Morgan fingerprint density at radius 2 is 1.91 bits per heavy atom. The smallest absolute Gasteiger partial charge is 0.276 e. The first-order valence-corrected chi connectivity index (χ1v) is 7.14. The van der Waals surface area contributed by atoms with Gasteiger partial charge in [-0.2, -0.15) is 0 Å². The number of carbonyl (C=O) groups excluding carboxylic acids is 1. The number of anilines is 2. The number of hydrogen-bond donors (Lipinski definition) is 2. The number of hydrogen-bond acceptors (Lipinski definition) is 4. The predicted molar refractivity (Wildman–Crippen MR) is 86.8 cm³/mol. The lowest BCUT2D eigenvalue weighted by Crippen LogP contribution is -2.22. The fourth-order valence-electron chi connectivity index (χ4n) is 1.92. The Morgan fingerprint density at radius 1 is 1.18 bits per heavy atom. The van der Waals surface area contributed by atoms with Crippen molar-refractivity contribution in [2.45, 2.75) is 6.92 Å². The summed E-state index contributed by atoms with van der Waals surface area (Å²) in [6.07, 6.45) is 0. The SMILES string of the molecule is CCOc1ccc(C(=O)NOC)c(Nc2ccc(Cl)cc2)c1. The Balaban J connectivity index is 2.33. The first-order valence-electron chi connectivity index (χ1n) is 6.76. The zero-order valence-electron chi connectivity index (χ0n) is 12.4. The quantitative estimate of drug-likeness (QED) is 0.795. The summed E-state index contributed by atoms with van der Waals surface area (Å²) in [5.41, 5.74) is 4.18. The van der Waals surface area contributed by atoms with Crippen molar-refractivity contribution in [2.75, 3.05) is 19.0 Å². The number of halogens is 1. The van der Waals surface area contributed by atoms with Gasteiger partial charge in [-0.1, -0.05) is 11.6 Å². The third-order valence-corrected chi connectivity index (χ3v) is 3.12. The molecule has 0 saturated carbocycles. The molecule has 0 fully saturated rings. The van der Waals surface area contributed by atoms with Gasteiger partial charge in [-0.25, -0.2) is 5.48 Å². The number of carbonyl (C=O) groups is 1. The van der Waals surface area contributed by atoms with Crippen molar-refractivity contribution >= 4 is 28.9 Å². The minimum absolute atomic E-state index is 0.345. The summed E-state index contributed by atoms with van der Waals surface area (Å²) in [7, 11) is 1.39. The highest BCUT2D eigenvalue weighted by atomic mass is 35.5. The lowest BCUT2D eigenvalue weighted by Gasteiger charge is -2.14. The van der Waals surface area contributed by atoms with Crippen LogP contribution in [0.25, 0.3) is 0 Å². The van der Waals surface area contributed by atoms with Crippen LogP contribution in [0.15, 0.2) is 42.5 Å². The predicted octanol–water partition coefficient (Wildman–Crippen LogP) is 3.77. The molecule has 0 spiro atoms. The van der Waals surface area contributed by atoms with Crippen LogP contribution in [0.5, 0.6) is 5.75 Å². The maximum absolute atomic E-state index is 12.0. The monoisotopic (exact) mass is 320 g/mol. The molecule has 2 aromatic carbocycles. The van der Waals surface area contributed by atoms with Crippen molar-refractivity contribution in [3.05, 3.63) is 53.1 Å². The van der Waals surface area contributed by atoms with Crippen LogP contribution in [0.2, 0.25) is 5.02 Å². The third-order valence-electron chi connectivity index (χ3n) is 2.86. The number of hydroxylamine groups is 1. The molecule has 0 heterocycles. The maximum atomic E-state index is 12.0. The molecular weight excluding hydrogens is 304 g/mol. The van der Waals surface area contributed by atoms with E-state index in [1.54, 1.807) is 30.3 Å². The van der Waals surface area contributed by atoms with Gasteiger partial charge in [-0.15, -0.1) is 0 Å². The molecule has 1 amide bonds. The molecule has 22 heavy (non-hydrogen) atoms. The molecule has 0 aliphatic rings. The van der Waals surface area contributed by atoms with Crippen LogP contribution in [0.3, 0.4) is 0 Å². The van der Waals surface area contributed by atoms with Crippen LogP contribution in [0, 0.1) is 0 Å². The molecule has 0 aromatic heterocycles. The molecule has 116 valence electrons. The van der Waals surface area contributed by atoms with Crippen molar-refractivity contribution < 1.29 is 14.4 Å². The van der Waals surface area contributed by atoms with Gasteiger partial charge in [-0.05, 0) is 43.3 Å². The largest absolute Gasteiger partial charge is 0.494 e. The van der Waals surface area contributed by atoms with Gasteiger partial charge in [0.15, 0.2) is 0 Å². The van der Waals surface area contributed by atoms with Crippen LogP contribution in [-0.4, -0.2) is 19.6 Å². The second kappa shape index (κ2) is 7.68. The lowest BCUT2D eigenvalue weighted by molar-refractivity contribution is 0.0538. The number of ether oxygens (including phenoxy) is 1. The van der Waals surface area contributed by atoms with E-state index in [2.05, 4.69) is 15.6 Å². The van der Waals surface area contributed by atoms with E-state index in [4.69, 9.17) is 16.3 Å². The Kier molecular flexibility index (Phi) is 5.63. The summed E-state index contributed by atoms with van der Waals surface area (Å²) in [6.45, 7) is 2.45.